The molecule has 1 aromatic heterocycles. The van der Waals surface area contributed by atoms with Crippen molar-refractivity contribution in [1.29, 1.82) is 5.26 Å². The summed E-state index contributed by atoms with van der Waals surface area (Å²) < 4.78 is 5.20. The molecular weight excluding hydrogens is 437 g/mol. The van der Waals surface area contributed by atoms with Gasteiger partial charge in [-0.3, -0.25) is 10.1 Å². The average Bonchev–Trinajstić information content (AvgIpc) is 2.96. The molecule has 1 aliphatic rings. The Hall–Kier alpha value is -1.85. The Morgan fingerprint density at radius 2 is 2.18 bits per heavy atom. The number of anilines is 1. The van der Waals surface area contributed by atoms with E-state index in [0.717, 1.165) is 24.8 Å². The molecule has 28 heavy (non-hydrogen) atoms. The van der Waals surface area contributed by atoms with Gasteiger partial charge in [-0.05, 0) is 55.1 Å². The van der Waals surface area contributed by atoms with Crippen LogP contribution in [0, 0.1) is 17.2 Å². The number of hydrogen-bond acceptors (Lipinski definition) is 5. The summed E-state index contributed by atoms with van der Waals surface area (Å²) in [5.74, 6) is 0.300. The summed E-state index contributed by atoms with van der Waals surface area (Å²) >= 11 is 18.9. The van der Waals surface area contributed by atoms with Gasteiger partial charge in [0, 0.05) is 9.90 Å². The molecule has 0 radical (unpaired) electrons. The highest BCUT2D eigenvalue weighted by Crippen LogP contribution is 2.39. The number of fused-ring (bicyclic) bond motifs is 1. The van der Waals surface area contributed by atoms with Crippen LogP contribution >= 0.6 is 46.8 Å². The maximum absolute atomic E-state index is 12.6. The van der Waals surface area contributed by atoms with Crippen molar-refractivity contribution < 1.29 is 9.53 Å². The number of nitriles is 1. The van der Waals surface area contributed by atoms with Crippen molar-refractivity contribution in [2.75, 3.05) is 12.4 Å². The summed E-state index contributed by atoms with van der Waals surface area (Å²) in [5, 5.41) is 16.4. The topological polar surface area (TPSA) is 74.2 Å². The number of hydrogen-bond donors (Lipinski definition) is 2. The van der Waals surface area contributed by atoms with Crippen LogP contribution < -0.4 is 15.4 Å². The molecule has 0 saturated carbocycles. The van der Waals surface area contributed by atoms with Crippen molar-refractivity contribution >= 4 is 62.8 Å². The van der Waals surface area contributed by atoms with Crippen LogP contribution in [-0.4, -0.2) is 18.1 Å². The van der Waals surface area contributed by atoms with E-state index in [-0.39, 0.29) is 21.4 Å². The number of carbonyl (C=O) groups excluding carboxylic acids is 1. The molecule has 1 heterocycles. The van der Waals surface area contributed by atoms with Gasteiger partial charge in [-0.1, -0.05) is 30.1 Å². The minimum Gasteiger partial charge on any atom is -0.494 e. The molecule has 2 aromatic rings. The molecule has 3 rings (SSSR count). The van der Waals surface area contributed by atoms with Gasteiger partial charge in [-0.25, -0.2) is 0 Å². The molecule has 0 unspecified atom stereocenters. The van der Waals surface area contributed by atoms with Gasteiger partial charge in [0.2, 0.25) is 0 Å². The number of thiocarbonyl (C=S) groups is 1. The minimum absolute atomic E-state index is 0.0892. The third-order valence-electron chi connectivity index (χ3n) is 4.53. The Morgan fingerprint density at radius 3 is 2.86 bits per heavy atom. The van der Waals surface area contributed by atoms with Gasteiger partial charge >= 0.3 is 0 Å². The third-order valence-corrected chi connectivity index (χ3v) is 6.41. The maximum Gasteiger partial charge on any atom is 0.261 e. The van der Waals surface area contributed by atoms with Crippen LogP contribution in [0.2, 0.25) is 10.0 Å². The van der Waals surface area contributed by atoms with Crippen LogP contribution in [0.25, 0.3) is 0 Å². The number of rotatable bonds is 3. The van der Waals surface area contributed by atoms with E-state index >= 15 is 0 Å². The first-order valence-corrected chi connectivity index (χ1v) is 10.5. The average molecular weight is 454 g/mol. The van der Waals surface area contributed by atoms with Gasteiger partial charge in [-0.15, -0.1) is 11.3 Å². The van der Waals surface area contributed by atoms with E-state index in [2.05, 4.69) is 23.6 Å². The summed E-state index contributed by atoms with van der Waals surface area (Å²) in [7, 11) is 1.42. The zero-order chi connectivity index (χ0) is 20.4. The maximum atomic E-state index is 12.6. The molecule has 9 heteroatoms. The predicted molar refractivity (Wildman–Crippen MR) is 117 cm³/mol. The van der Waals surface area contributed by atoms with Crippen LogP contribution in [0.1, 0.15) is 39.7 Å². The monoisotopic (exact) mass is 453 g/mol. The van der Waals surface area contributed by atoms with Gasteiger partial charge < -0.3 is 10.1 Å². The van der Waals surface area contributed by atoms with Crippen molar-refractivity contribution in [2.24, 2.45) is 5.92 Å². The fraction of sp³-hybridized carbons (Fsp3) is 0.316. The van der Waals surface area contributed by atoms with Gasteiger partial charge in [0.05, 0.1) is 23.3 Å². The van der Waals surface area contributed by atoms with Gasteiger partial charge in [0.1, 0.15) is 16.8 Å². The lowest BCUT2D eigenvalue weighted by molar-refractivity contribution is 0.0975. The highest BCUT2D eigenvalue weighted by Gasteiger charge is 2.25. The number of nitrogens with zero attached hydrogens (tertiary/aromatic N) is 1. The molecule has 5 nitrogen and oxygen atoms in total. The second kappa shape index (κ2) is 8.66. The summed E-state index contributed by atoms with van der Waals surface area (Å²) in [6.45, 7) is 2.20. The van der Waals surface area contributed by atoms with Crippen molar-refractivity contribution in [1.82, 2.24) is 5.32 Å². The summed E-state index contributed by atoms with van der Waals surface area (Å²) in [6.07, 6.45) is 2.90. The quantitative estimate of drug-likeness (QED) is 0.625. The molecule has 2 N–H and O–H groups in total. The fourth-order valence-corrected chi connectivity index (χ4v) is 5.39. The Bertz CT molecular complexity index is 998. The SMILES string of the molecule is COc1c(Cl)cc(Cl)cc1C(=O)NC(=S)Nc1sc2c(c1C#N)CC[C@H](C)C2. The predicted octanol–water partition coefficient (Wildman–Crippen LogP) is 5.19. The third kappa shape index (κ3) is 4.26. The van der Waals surface area contributed by atoms with Gasteiger partial charge in [0.25, 0.3) is 5.91 Å². The van der Waals surface area contributed by atoms with E-state index in [1.807, 2.05) is 0 Å². The van der Waals surface area contributed by atoms with Gasteiger partial charge in [0.15, 0.2) is 5.11 Å². The minimum atomic E-state index is -0.507. The van der Waals surface area contributed by atoms with E-state index in [0.29, 0.717) is 21.5 Å². The van der Waals surface area contributed by atoms with Crippen molar-refractivity contribution in [2.45, 2.75) is 26.2 Å². The first kappa shape index (κ1) is 20.9. The first-order valence-electron chi connectivity index (χ1n) is 8.54. The Balaban J connectivity index is 1.79. The standard InChI is InChI=1S/C19H17Cl2N3O2S2/c1-9-3-4-11-13(8-22)18(28-15(11)5-9)24-19(27)23-17(25)12-6-10(20)7-14(21)16(12)26-2/h6-7,9H,3-5H2,1-2H3,(H2,23,24,25,27)/t9-/m0/s1. The number of carbonyl (C=O) groups is 1. The normalized spacial score (nSPS) is 15.3. The van der Waals surface area contributed by atoms with Crippen molar-refractivity contribution in [3.8, 4) is 11.8 Å². The number of nitrogens with one attached hydrogen (secondary N) is 2. The van der Waals surface area contributed by atoms with Gasteiger partial charge in [-0.2, -0.15) is 5.26 Å². The largest absolute Gasteiger partial charge is 0.494 e. The Kier molecular flexibility index (Phi) is 6.46. The molecule has 1 atom stereocenters. The number of thiophene rings is 1. The molecule has 1 aromatic carbocycles. The molecule has 0 aliphatic heterocycles. The van der Waals surface area contributed by atoms with Crippen LogP contribution in [0.5, 0.6) is 5.75 Å². The lowest BCUT2D eigenvalue weighted by Crippen LogP contribution is -2.34. The highest BCUT2D eigenvalue weighted by molar-refractivity contribution is 7.80. The number of amides is 1. The molecule has 1 aliphatic carbocycles. The zero-order valence-electron chi connectivity index (χ0n) is 15.2. The van der Waals surface area contributed by atoms with E-state index in [1.54, 1.807) is 0 Å². The van der Waals surface area contributed by atoms with E-state index < -0.39 is 5.91 Å². The van der Waals surface area contributed by atoms with Crippen LogP contribution in [0.15, 0.2) is 12.1 Å². The van der Waals surface area contributed by atoms with Crippen LogP contribution in [0.3, 0.4) is 0 Å². The lowest BCUT2D eigenvalue weighted by atomic mass is 9.89. The Morgan fingerprint density at radius 1 is 1.43 bits per heavy atom. The Labute approximate surface area is 182 Å². The molecule has 1 amide bonds. The van der Waals surface area contributed by atoms with Crippen LogP contribution in [-0.2, 0) is 12.8 Å². The highest BCUT2D eigenvalue weighted by atomic mass is 35.5. The van der Waals surface area contributed by atoms with E-state index in [4.69, 9.17) is 40.2 Å². The first-order chi connectivity index (χ1) is 13.3. The second-order valence-electron chi connectivity index (χ2n) is 6.54. The van der Waals surface area contributed by atoms with Crippen LogP contribution in [0.4, 0.5) is 5.00 Å². The molecular formula is C19H17Cl2N3O2S2. The number of benzene rings is 1. The van der Waals surface area contributed by atoms with Crippen molar-refractivity contribution in [3.05, 3.63) is 43.7 Å². The fourth-order valence-electron chi connectivity index (χ4n) is 3.20. The smallest absolute Gasteiger partial charge is 0.261 e. The number of methoxy groups -OCH3 is 1. The van der Waals surface area contributed by atoms with E-state index in [9.17, 15) is 10.1 Å². The molecule has 0 bridgehead atoms. The number of halogens is 2. The molecule has 0 saturated heterocycles. The van der Waals surface area contributed by atoms with E-state index in [1.165, 1.54) is 35.5 Å². The molecule has 0 spiro atoms. The summed E-state index contributed by atoms with van der Waals surface area (Å²) in [5.41, 5.74) is 1.86. The summed E-state index contributed by atoms with van der Waals surface area (Å²) in [6, 6.07) is 5.21. The molecule has 0 fully saturated rings. The molecule has 146 valence electrons. The number of ether oxygens (including phenoxy) is 1. The zero-order valence-corrected chi connectivity index (χ0v) is 18.3. The lowest BCUT2D eigenvalue weighted by Gasteiger charge is -2.17. The second-order valence-corrected chi connectivity index (χ2v) is 8.90. The summed E-state index contributed by atoms with van der Waals surface area (Å²) in [4.78, 5) is 13.8. The van der Waals surface area contributed by atoms with Crippen molar-refractivity contribution in [3.63, 3.8) is 0 Å².